The van der Waals surface area contributed by atoms with Gasteiger partial charge < -0.3 is 14.6 Å². The summed E-state index contributed by atoms with van der Waals surface area (Å²) in [5.41, 5.74) is 1.29. The van der Waals surface area contributed by atoms with E-state index in [9.17, 15) is 14.4 Å². The number of fused-ring (bicyclic) bond motifs is 1. The molecule has 0 bridgehead atoms. The molecule has 2 aromatic rings. The van der Waals surface area contributed by atoms with Gasteiger partial charge in [-0.05, 0) is 37.0 Å². The van der Waals surface area contributed by atoms with Crippen molar-refractivity contribution in [1.29, 1.82) is 0 Å². The highest BCUT2D eigenvalue weighted by atomic mass is 32.1. The van der Waals surface area contributed by atoms with Gasteiger partial charge in [-0.2, -0.15) is 0 Å². The average Bonchev–Trinajstić information content (AvgIpc) is 3.23. The van der Waals surface area contributed by atoms with Crippen molar-refractivity contribution < 1.29 is 18.8 Å². The molecular weight excluding hydrogens is 330 g/mol. The van der Waals surface area contributed by atoms with Crippen LogP contribution in [0.3, 0.4) is 0 Å². The summed E-state index contributed by atoms with van der Waals surface area (Å²) in [4.78, 5) is 38.9. The zero-order valence-electron chi connectivity index (χ0n) is 13.3. The summed E-state index contributed by atoms with van der Waals surface area (Å²) < 4.78 is 5.07. The highest BCUT2D eigenvalue weighted by molar-refractivity contribution is 7.17. The number of nitrogens with zero attached hydrogens (tertiary/aromatic N) is 1. The minimum absolute atomic E-state index is 0.166. The molecule has 1 aliphatic carbocycles. The summed E-state index contributed by atoms with van der Waals surface area (Å²) in [5.74, 6) is -0.755. The molecule has 0 aliphatic heterocycles. The third kappa shape index (κ3) is 3.05. The SMILES string of the molecule is CN(C)C(=O)NC(=O)c1c(NC(=O)c2ccco2)sc2c1CCC2. The van der Waals surface area contributed by atoms with E-state index in [0.29, 0.717) is 10.6 Å². The van der Waals surface area contributed by atoms with Crippen LogP contribution >= 0.6 is 11.3 Å². The fraction of sp³-hybridized carbons (Fsp3) is 0.312. The van der Waals surface area contributed by atoms with Crippen molar-refractivity contribution >= 4 is 34.2 Å². The molecule has 0 unspecified atom stereocenters. The number of anilines is 1. The van der Waals surface area contributed by atoms with Crippen LogP contribution in [0.15, 0.2) is 22.8 Å². The maximum absolute atomic E-state index is 12.5. The third-order valence-corrected chi connectivity index (χ3v) is 4.95. The standard InChI is InChI=1S/C16H17N3O4S/c1-19(2)16(22)18-14(21)12-9-5-3-7-11(9)24-15(12)17-13(20)10-6-4-8-23-10/h4,6,8H,3,5,7H2,1-2H3,(H,17,20)(H,18,21,22). The van der Waals surface area contributed by atoms with Gasteiger partial charge >= 0.3 is 6.03 Å². The van der Waals surface area contributed by atoms with Crippen LogP contribution < -0.4 is 10.6 Å². The topological polar surface area (TPSA) is 91.7 Å². The van der Waals surface area contributed by atoms with Gasteiger partial charge in [0.1, 0.15) is 5.00 Å². The molecule has 4 amide bonds. The van der Waals surface area contributed by atoms with Crippen LogP contribution in [0.25, 0.3) is 0 Å². The molecule has 0 saturated carbocycles. The van der Waals surface area contributed by atoms with Crippen LogP contribution in [0.5, 0.6) is 0 Å². The van der Waals surface area contributed by atoms with Gasteiger partial charge in [-0.15, -0.1) is 11.3 Å². The maximum atomic E-state index is 12.5. The van der Waals surface area contributed by atoms with Gasteiger partial charge in [0.15, 0.2) is 5.76 Å². The largest absolute Gasteiger partial charge is 0.459 e. The van der Waals surface area contributed by atoms with E-state index in [1.807, 2.05) is 0 Å². The number of carbonyl (C=O) groups is 3. The van der Waals surface area contributed by atoms with Crippen LogP contribution in [-0.2, 0) is 12.8 Å². The minimum atomic E-state index is -0.499. The zero-order chi connectivity index (χ0) is 17.3. The first-order chi connectivity index (χ1) is 11.5. The van der Waals surface area contributed by atoms with E-state index in [1.54, 1.807) is 26.2 Å². The van der Waals surface area contributed by atoms with Crippen molar-refractivity contribution in [3.05, 3.63) is 40.2 Å². The zero-order valence-corrected chi connectivity index (χ0v) is 14.2. The molecule has 2 aromatic heterocycles. The molecule has 2 N–H and O–H groups in total. The van der Waals surface area contributed by atoms with Crippen molar-refractivity contribution in [2.75, 3.05) is 19.4 Å². The molecule has 0 spiro atoms. The number of furan rings is 1. The highest BCUT2D eigenvalue weighted by Gasteiger charge is 2.29. The fourth-order valence-corrected chi connectivity index (χ4v) is 3.86. The van der Waals surface area contributed by atoms with Gasteiger partial charge in [0.2, 0.25) is 0 Å². The monoisotopic (exact) mass is 347 g/mol. The van der Waals surface area contributed by atoms with Gasteiger partial charge in [0.05, 0.1) is 11.8 Å². The van der Waals surface area contributed by atoms with Crippen LogP contribution in [-0.4, -0.2) is 36.8 Å². The second-order valence-corrected chi connectivity index (χ2v) is 6.75. The summed E-state index contributed by atoms with van der Waals surface area (Å²) in [6.45, 7) is 0. The van der Waals surface area contributed by atoms with E-state index in [2.05, 4.69) is 10.6 Å². The van der Waals surface area contributed by atoms with E-state index < -0.39 is 17.8 Å². The Morgan fingerprint density at radius 3 is 2.67 bits per heavy atom. The van der Waals surface area contributed by atoms with Crippen molar-refractivity contribution in [2.24, 2.45) is 0 Å². The van der Waals surface area contributed by atoms with Crippen LogP contribution in [0.4, 0.5) is 9.80 Å². The number of imide groups is 1. The molecule has 3 rings (SSSR count). The lowest BCUT2D eigenvalue weighted by Crippen LogP contribution is -2.39. The molecule has 0 aromatic carbocycles. The van der Waals surface area contributed by atoms with Crippen LogP contribution in [0, 0.1) is 0 Å². The third-order valence-electron chi connectivity index (χ3n) is 3.75. The number of urea groups is 1. The summed E-state index contributed by atoms with van der Waals surface area (Å²) in [5, 5.41) is 5.51. The summed E-state index contributed by atoms with van der Waals surface area (Å²) >= 11 is 1.38. The molecule has 2 heterocycles. The van der Waals surface area contributed by atoms with Gasteiger partial charge in [-0.3, -0.25) is 14.9 Å². The number of nitrogens with one attached hydrogen (secondary N) is 2. The maximum Gasteiger partial charge on any atom is 0.323 e. The quantitative estimate of drug-likeness (QED) is 0.892. The molecule has 0 atom stereocenters. The predicted octanol–water partition coefficient (Wildman–Crippen LogP) is 2.49. The minimum Gasteiger partial charge on any atom is -0.459 e. The Kier molecular flexibility index (Phi) is 4.39. The van der Waals surface area contributed by atoms with Crippen LogP contribution in [0.1, 0.15) is 37.8 Å². The van der Waals surface area contributed by atoms with E-state index in [4.69, 9.17) is 4.42 Å². The molecule has 126 valence electrons. The van der Waals surface area contributed by atoms with Gasteiger partial charge in [-0.1, -0.05) is 0 Å². The molecular formula is C16H17N3O4S. The lowest BCUT2D eigenvalue weighted by atomic mass is 10.1. The fourth-order valence-electron chi connectivity index (χ4n) is 2.58. The Hall–Kier alpha value is -2.61. The summed E-state index contributed by atoms with van der Waals surface area (Å²) in [6.07, 6.45) is 4.02. The Morgan fingerprint density at radius 1 is 1.21 bits per heavy atom. The van der Waals surface area contributed by atoms with Crippen molar-refractivity contribution in [1.82, 2.24) is 10.2 Å². The number of aryl methyl sites for hydroxylation is 1. The van der Waals surface area contributed by atoms with Gasteiger partial charge in [0.25, 0.3) is 11.8 Å². The van der Waals surface area contributed by atoms with Gasteiger partial charge in [0, 0.05) is 19.0 Å². The average molecular weight is 347 g/mol. The van der Waals surface area contributed by atoms with E-state index in [-0.39, 0.29) is 5.76 Å². The molecule has 7 nitrogen and oxygen atoms in total. The first kappa shape index (κ1) is 16.3. The smallest absolute Gasteiger partial charge is 0.323 e. The molecule has 24 heavy (non-hydrogen) atoms. The number of hydrogen-bond donors (Lipinski definition) is 2. The van der Waals surface area contributed by atoms with Crippen molar-refractivity contribution in [2.45, 2.75) is 19.3 Å². The number of rotatable bonds is 3. The lowest BCUT2D eigenvalue weighted by molar-refractivity contribution is 0.0957. The predicted molar refractivity (Wildman–Crippen MR) is 89.6 cm³/mol. The lowest BCUT2D eigenvalue weighted by Gasteiger charge is -2.12. The van der Waals surface area contributed by atoms with Crippen molar-refractivity contribution in [3.63, 3.8) is 0 Å². The second-order valence-electron chi connectivity index (χ2n) is 5.65. The Morgan fingerprint density at radius 2 is 2.00 bits per heavy atom. The van der Waals surface area contributed by atoms with E-state index in [0.717, 1.165) is 29.7 Å². The number of hydrogen-bond acceptors (Lipinski definition) is 5. The number of amides is 4. The summed E-state index contributed by atoms with van der Waals surface area (Å²) in [6, 6.07) is 2.67. The number of thiophene rings is 1. The second kappa shape index (κ2) is 6.48. The Bertz CT molecular complexity index is 793. The van der Waals surface area contributed by atoms with Crippen LogP contribution in [0.2, 0.25) is 0 Å². The Labute approximate surface area is 142 Å². The molecule has 0 saturated heterocycles. The molecule has 8 heteroatoms. The van der Waals surface area contributed by atoms with E-state index in [1.165, 1.54) is 22.5 Å². The summed E-state index contributed by atoms with van der Waals surface area (Å²) in [7, 11) is 3.11. The Balaban J connectivity index is 1.88. The molecule has 0 radical (unpaired) electrons. The van der Waals surface area contributed by atoms with Gasteiger partial charge in [-0.25, -0.2) is 4.79 Å². The molecule has 0 fully saturated rings. The normalized spacial score (nSPS) is 12.6. The first-order valence-corrected chi connectivity index (χ1v) is 8.31. The molecule has 1 aliphatic rings. The first-order valence-electron chi connectivity index (χ1n) is 7.49. The van der Waals surface area contributed by atoms with E-state index >= 15 is 0 Å². The number of carbonyl (C=O) groups excluding carboxylic acids is 3. The highest BCUT2D eigenvalue weighted by Crippen LogP contribution is 2.39. The van der Waals surface area contributed by atoms with Crippen molar-refractivity contribution in [3.8, 4) is 0 Å².